The molecule has 4 aromatic rings. The highest BCUT2D eigenvalue weighted by Gasteiger charge is 2.17. The van der Waals surface area contributed by atoms with Gasteiger partial charge in [0.25, 0.3) is 0 Å². The molecule has 4 rings (SSSR count). The van der Waals surface area contributed by atoms with Crippen LogP contribution in [-0.2, 0) is 0 Å². The van der Waals surface area contributed by atoms with E-state index in [-0.39, 0.29) is 0 Å². The van der Waals surface area contributed by atoms with Crippen LogP contribution in [0.3, 0.4) is 0 Å². The van der Waals surface area contributed by atoms with E-state index in [9.17, 15) is 4.79 Å². The van der Waals surface area contributed by atoms with E-state index in [1.165, 1.54) is 0 Å². The molecule has 2 aromatic carbocycles. The van der Waals surface area contributed by atoms with Crippen LogP contribution in [0.4, 0.5) is 0 Å². The number of aromatic nitrogens is 2. The van der Waals surface area contributed by atoms with E-state index in [2.05, 4.69) is 4.98 Å². The summed E-state index contributed by atoms with van der Waals surface area (Å²) in [5, 5.41) is 0. The Labute approximate surface area is 130 Å². The predicted molar refractivity (Wildman–Crippen MR) is 88.0 cm³/mol. The SMILES string of the molecule is COc1ccc(-c2nc3sc4ccccc4n3c2C=O)cc1. The van der Waals surface area contributed by atoms with Crippen LogP contribution in [0.1, 0.15) is 10.5 Å². The predicted octanol–water partition coefficient (Wildman–Crippen LogP) is 4.04. The fourth-order valence-electron chi connectivity index (χ4n) is 2.61. The Morgan fingerprint density at radius 1 is 1.14 bits per heavy atom. The molecule has 0 saturated carbocycles. The number of methoxy groups -OCH3 is 1. The van der Waals surface area contributed by atoms with Gasteiger partial charge in [0.1, 0.15) is 17.1 Å². The summed E-state index contributed by atoms with van der Waals surface area (Å²) in [6.07, 6.45) is 0.874. The van der Waals surface area contributed by atoms with Crippen LogP contribution in [0.2, 0.25) is 0 Å². The van der Waals surface area contributed by atoms with Gasteiger partial charge < -0.3 is 4.74 Å². The van der Waals surface area contributed by atoms with Gasteiger partial charge in [-0.15, -0.1) is 0 Å². The van der Waals surface area contributed by atoms with Crippen molar-refractivity contribution in [3.63, 3.8) is 0 Å². The topological polar surface area (TPSA) is 43.6 Å². The van der Waals surface area contributed by atoms with Crippen LogP contribution in [0, 0.1) is 0 Å². The van der Waals surface area contributed by atoms with Crippen molar-refractivity contribution in [2.45, 2.75) is 0 Å². The minimum Gasteiger partial charge on any atom is -0.497 e. The lowest BCUT2D eigenvalue weighted by atomic mass is 10.1. The average molecular weight is 308 g/mol. The summed E-state index contributed by atoms with van der Waals surface area (Å²) in [4.78, 5) is 17.1. The summed E-state index contributed by atoms with van der Waals surface area (Å²) < 4.78 is 8.21. The van der Waals surface area contributed by atoms with E-state index in [1.54, 1.807) is 18.4 Å². The van der Waals surface area contributed by atoms with Gasteiger partial charge in [0, 0.05) is 5.56 Å². The van der Waals surface area contributed by atoms with Crippen LogP contribution < -0.4 is 4.74 Å². The molecule has 0 aliphatic carbocycles. The van der Waals surface area contributed by atoms with E-state index in [0.29, 0.717) is 11.4 Å². The van der Waals surface area contributed by atoms with Crippen molar-refractivity contribution in [1.29, 1.82) is 0 Å². The number of hydrogen-bond donors (Lipinski definition) is 0. The Morgan fingerprint density at radius 2 is 1.91 bits per heavy atom. The summed E-state index contributed by atoms with van der Waals surface area (Å²) in [5.41, 5.74) is 3.20. The monoisotopic (exact) mass is 308 g/mol. The maximum atomic E-state index is 11.7. The smallest absolute Gasteiger partial charge is 0.195 e. The first-order valence-corrected chi connectivity index (χ1v) is 7.63. The van der Waals surface area contributed by atoms with Crippen molar-refractivity contribution in [3.05, 3.63) is 54.2 Å². The van der Waals surface area contributed by atoms with E-state index in [4.69, 9.17) is 4.74 Å². The summed E-state index contributed by atoms with van der Waals surface area (Å²) in [6.45, 7) is 0. The molecule has 2 heterocycles. The van der Waals surface area contributed by atoms with Crippen LogP contribution in [-0.4, -0.2) is 22.8 Å². The third kappa shape index (κ3) is 1.83. The zero-order chi connectivity index (χ0) is 15.1. The first kappa shape index (κ1) is 13.0. The lowest BCUT2D eigenvalue weighted by Crippen LogP contribution is -1.91. The van der Waals surface area contributed by atoms with Crippen molar-refractivity contribution in [2.75, 3.05) is 7.11 Å². The number of benzene rings is 2. The van der Waals surface area contributed by atoms with Gasteiger partial charge in [-0.2, -0.15) is 0 Å². The number of carbonyl (C=O) groups excluding carboxylic acids is 1. The minimum absolute atomic E-state index is 0.581. The molecule has 0 aliphatic heterocycles. The van der Waals surface area contributed by atoms with Gasteiger partial charge in [0.15, 0.2) is 11.2 Å². The standard InChI is InChI=1S/C17H12N2O2S/c1-21-12-8-6-11(7-9-12)16-14(10-20)19-13-4-2-3-5-15(13)22-17(19)18-16/h2-10H,1H3. The van der Waals surface area contributed by atoms with Crippen molar-refractivity contribution >= 4 is 32.8 Å². The second kappa shape index (κ2) is 4.96. The molecule has 22 heavy (non-hydrogen) atoms. The lowest BCUT2D eigenvalue weighted by Gasteiger charge is -2.02. The third-order valence-electron chi connectivity index (χ3n) is 3.66. The summed E-state index contributed by atoms with van der Waals surface area (Å²) in [7, 11) is 1.63. The Kier molecular flexibility index (Phi) is 2.94. The van der Waals surface area contributed by atoms with Gasteiger partial charge in [-0.3, -0.25) is 9.20 Å². The molecule has 0 fully saturated rings. The number of para-hydroxylation sites is 1. The number of aldehydes is 1. The van der Waals surface area contributed by atoms with Crippen LogP contribution >= 0.6 is 11.3 Å². The number of fused-ring (bicyclic) bond motifs is 3. The average Bonchev–Trinajstić information content (AvgIpc) is 3.10. The lowest BCUT2D eigenvalue weighted by molar-refractivity contribution is 0.111. The zero-order valence-corrected chi connectivity index (χ0v) is 12.6. The van der Waals surface area contributed by atoms with Crippen LogP contribution in [0.5, 0.6) is 5.75 Å². The fraction of sp³-hybridized carbons (Fsp3) is 0.0588. The molecule has 0 saturated heterocycles. The third-order valence-corrected chi connectivity index (χ3v) is 4.69. The number of hydrogen-bond acceptors (Lipinski definition) is 4. The highest BCUT2D eigenvalue weighted by molar-refractivity contribution is 7.23. The normalized spacial score (nSPS) is 11.1. The largest absolute Gasteiger partial charge is 0.497 e. The van der Waals surface area contributed by atoms with Crippen molar-refractivity contribution < 1.29 is 9.53 Å². The van der Waals surface area contributed by atoms with Gasteiger partial charge in [-0.25, -0.2) is 4.98 Å². The second-order valence-corrected chi connectivity index (χ2v) is 5.89. The molecule has 0 spiro atoms. The number of carbonyl (C=O) groups is 1. The van der Waals surface area contributed by atoms with Gasteiger partial charge in [0.2, 0.25) is 0 Å². The first-order valence-electron chi connectivity index (χ1n) is 6.81. The fourth-order valence-corrected chi connectivity index (χ4v) is 3.64. The summed E-state index contributed by atoms with van der Waals surface area (Å²) >= 11 is 1.58. The first-order chi connectivity index (χ1) is 10.8. The molecule has 0 bridgehead atoms. The maximum absolute atomic E-state index is 11.7. The molecule has 0 radical (unpaired) electrons. The van der Waals surface area contributed by atoms with Crippen molar-refractivity contribution in [1.82, 2.24) is 9.38 Å². The van der Waals surface area contributed by atoms with Gasteiger partial charge in [-0.05, 0) is 36.4 Å². The highest BCUT2D eigenvalue weighted by Crippen LogP contribution is 2.32. The Hall–Kier alpha value is -2.66. The molecule has 0 N–H and O–H groups in total. The van der Waals surface area contributed by atoms with Crippen LogP contribution in [0.25, 0.3) is 26.4 Å². The second-order valence-electron chi connectivity index (χ2n) is 4.88. The Bertz CT molecular complexity index is 983. The number of ether oxygens (including phenoxy) is 1. The minimum atomic E-state index is 0.581. The van der Waals surface area contributed by atoms with Crippen molar-refractivity contribution in [2.24, 2.45) is 0 Å². The maximum Gasteiger partial charge on any atom is 0.195 e. The number of imidazole rings is 1. The molecule has 0 aliphatic rings. The van der Waals surface area contributed by atoms with Gasteiger partial charge in [-0.1, -0.05) is 23.5 Å². The highest BCUT2D eigenvalue weighted by atomic mass is 32.1. The van der Waals surface area contributed by atoms with Crippen LogP contribution in [0.15, 0.2) is 48.5 Å². The number of nitrogens with zero attached hydrogens (tertiary/aromatic N) is 2. The molecule has 5 heteroatoms. The summed E-state index contributed by atoms with van der Waals surface area (Å²) in [6, 6.07) is 15.6. The quantitative estimate of drug-likeness (QED) is 0.537. The van der Waals surface area contributed by atoms with E-state index < -0.39 is 0 Å². The van der Waals surface area contributed by atoms with Crippen molar-refractivity contribution in [3.8, 4) is 17.0 Å². The van der Waals surface area contributed by atoms with E-state index >= 15 is 0 Å². The van der Waals surface area contributed by atoms with Gasteiger partial charge in [0.05, 0.1) is 17.3 Å². The molecule has 4 nitrogen and oxygen atoms in total. The Morgan fingerprint density at radius 3 is 2.64 bits per heavy atom. The molecular formula is C17H12N2O2S. The van der Waals surface area contributed by atoms with E-state index in [1.807, 2.05) is 52.9 Å². The molecule has 0 atom stereocenters. The number of rotatable bonds is 3. The molecule has 108 valence electrons. The molecular weight excluding hydrogens is 296 g/mol. The number of thiazole rings is 1. The zero-order valence-electron chi connectivity index (χ0n) is 11.8. The molecule has 2 aromatic heterocycles. The van der Waals surface area contributed by atoms with E-state index in [0.717, 1.165) is 32.8 Å². The summed E-state index contributed by atoms with van der Waals surface area (Å²) in [5.74, 6) is 0.780. The van der Waals surface area contributed by atoms with Gasteiger partial charge >= 0.3 is 0 Å². The Balaban J connectivity index is 1.99. The molecule has 0 unspecified atom stereocenters. The molecule has 0 amide bonds.